The summed E-state index contributed by atoms with van der Waals surface area (Å²) in [6.45, 7) is 36.3. The lowest BCUT2D eigenvalue weighted by Gasteiger charge is -2.42. The van der Waals surface area contributed by atoms with E-state index in [9.17, 15) is 4.79 Å². The van der Waals surface area contributed by atoms with Crippen LogP contribution in [0, 0.1) is 0 Å². The predicted octanol–water partition coefficient (Wildman–Crippen LogP) is 10.5. The van der Waals surface area contributed by atoms with Crippen molar-refractivity contribution in [3.8, 4) is 5.75 Å². The van der Waals surface area contributed by atoms with Gasteiger partial charge in [0.15, 0.2) is 16.6 Å². The van der Waals surface area contributed by atoms with Gasteiger partial charge in [-0.15, -0.1) is 0 Å². The third-order valence-electron chi connectivity index (χ3n) is 9.77. The van der Waals surface area contributed by atoms with Gasteiger partial charge in [0.25, 0.3) is 0 Å². The molecule has 2 atom stereocenters. The number of aryl methyl sites for hydroxylation is 1. The van der Waals surface area contributed by atoms with Crippen LogP contribution in [0.3, 0.4) is 0 Å². The van der Waals surface area contributed by atoms with Crippen molar-refractivity contribution < 1.29 is 18.1 Å². The first kappa shape index (κ1) is 37.3. The Morgan fingerprint density at radius 2 is 1.12 bits per heavy atom. The Labute approximate surface area is 251 Å². The van der Waals surface area contributed by atoms with Crippen LogP contribution < -0.4 is 4.43 Å². The molecule has 1 rings (SSSR count). The third kappa shape index (κ3) is 11.2. The van der Waals surface area contributed by atoms with Gasteiger partial charge in [-0.1, -0.05) is 81.4 Å². The molecule has 0 fully saturated rings. The molecule has 40 heavy (non-hydrogen) atoms. The van der Waals surface area contributed by atoms with Crippen molar-refractivity contribution in [1.82, 2.24) is 0 Å². The molecule has 0 aliphatic carbocycles. The number of Topliss-reactive ketones (excluding diaryl/α,β-unsaturated/α-hetero) is 1. The molecule has 0 radical (unpaired) electrons. The van der Waals surface area contributed by atoms with E-state index in [1.54, 1.807) is 0 Å². The molecule has 0 N–H and O–H groups in total. The van der Waals surface area contributed by atoms with Crippen molar-refractivity contribution in [2.45, 2.75) is 168 Å². The lowest BCUT2D eigenvalue weighted by molar-refractivity contribution is -0.121. The fourth-order valence-electron chi connectivity index (χ4n) is 3.76. The van der Waals surface area contributed by atoms with E-state index in [0.29, 0.717) is 12.8 Å². The maximum Gasteiger partial charge on any atom is 0.250 e. The smallest absolute Gasteiger partial charge is 0.250 e. The summed E-state index contributed by atoms with van der Waals surface area (Å²) in [6, 6.07) is 8.35. The Bertz CT molecular complexity index is 932. The molecule has 0 saturated heterocycles. The van der Waals surface area contributed by atoms with Crippen LogP contribution in [0.5, 0.6) is 5.75 Å². The van der Waals surface area contributed by atoms with Crippen LogP contribution in [-0.2, 0) is 20.1 Å². The van der Waals surface area contributed by atoms with Gasteiger partial charge >= 0.3 is 0 Å². The van der Waals surface area contributed by atoms with Crippen LogP contribution in [0.2, 0.25) is 54.4 Å². The first-order chi connectivity index (χ1) is 17.8. The summed E-state index contributed by atoms with van der Waals surface area (Å²) in [7, 11) is -5.83. The average molecular weight is 609 g/mol. The minimum Gasteiger partial charge on any atom is -0.544 e. The first-order valence-electron chi connectivity index (χ1n) is 15.5. The molecule has 0 bridgehead atoms. The Balaban J connectivity index is 2.95. The molecular weight excluding hydrogens is 545 g/mol. The van der Waals surface area contributed by atoms with E-state index in [1.807, 2.05) is 0 Å². The molecule has 0 aliphatic heterocycles. The highest BCUT2D eigenvalue weighted by Gasteiger charge is 2.42. The molecule has 0 unspecified atom stereocenters. The minimum absolute atomic E-state index is 0.0878. The molecule has 0 aromatic heterocycles. The zero-order valence-corrected chi connectivity index (χ0v) is 32.1. The van der Waals surface area contributed by atoms with Crippen LogP contribution in [0.25, 0.3) is 0 Å². The maximum atomic E-state index is 13.3. The van der Waals surface area contributed by atoms with Gasteiger partial charge in [0.1, 0.15) is 11.5 Å². The highest BCUT2D eigenvalue weighted by Crippen LogP contribution is 2.41. The summed E-state index contributed by atoms with van der Waals surface area (Å²) in [5.74, 6) is 1.20. The second kappa shape index (κ2) is 13.7. The van der Waals surface area contributed by atoms with Crippen molar-refractivity contribution in [1.29, 1.82) is 0 Å². The molecule has 232 valence electrons. The van der Waals surface area contributed by atoms with Gasteiger partial charge in [-0.2, -0.15) is 0 Å². The predicted molar refractivity (Wildman–Crippen MR) is 181 cm³/mol. The second-order valence-corrected chi connectivity index (χ2v) is 30.6. The van der Waals surface area contributed by atoms with Crippen molar-refractivity contribution in [3.63, 3.8) is 0 Å². The molecule has 0 amide bonds. The molecule has 1 aromatic rings. The molecular formula is C33H64O4Si3. The maximum absolute atomic E-state index is 13.3. The molecule has 0 aliphatic rings. The molecule has 0 saturated carbocycles. The Morgan fingerprint density at radius 3 is 1.52 bits per heavy atom. The number of ketones is 1. The van der Waals surface area contributed by atoms with Crippen LogP contribution >= 0.6 is 0 Å². The standard InChI is InChI=1S/C33H64O4Si3/c1-17-28(35-38(11,12)31(2,3)4)25-30(37-40(15,16)33(8,9)10)24-27(34)21-18-26-19-22-29(23-20-26)36-39(13,14)32(5,6)7/h19-20,22-23,28,30H,17-18,21,24-25H2,1-16H3/t28-,30+/m1/s1. The van der Waals surface area contributed by atoms with E-state index in [4.69, 9.17) is 13.3 Å². The Morgan fingerprint density at radius 1 is 0.700 bits per heavy atom. The van der Waals surface area contributed by atoms with Crippen LogP contribution in [-0.4, -0.2) is 42.9 Å². The highest BCUT2D eigenvalue weighted by molar-refractivity contribution is 6.75. The molecule has 1 aromatic carbocycles. The summed E-state index contributed by atoms with van der Waals surface area (Å²) in [4.78, 5) is 13.3. The monoisotopic (exact) mass is 608 g/mol. The van der Waals surface area contributed by atoms with Gasteiger partial charge in [-0.25, -0.2) is 0 Å². The summed E-state index contributed by atoms with van der Waals surface area (Å²) in [5, 5.41) is 0.398. The van der Waals surface area contributed by atoms with E-state index in [0.717, 1.165) is 25.0 Å². The zero-order chi connectivity index (χ0) is 31.4. The van der Waals surface area contributed by atoms with Crippen molar-refractivity contribution >= 4 is 30.7 Å². The molecule has 7 heteroatoms. The van der Waals surface area contributed by atoms with E-state index >= 15 is 0 Å². The quantitative estimate of drug-likeness (QED) is 0.197. The van der Waals surface area contributed by atoms with Crippen molar-refractivity contribution in [3.05, 3.63) is 29.8 Å². The topological polar surface area (TPSA) is 44.8 Å². The summed E-state index contributed by atoms with van der Waals surface area (Å²) < 4.78 is 20.1. The van der Waals surface area contributed by atoms with Crippen LogP contribution in [0.15, 0.2) is 24.3 Å². The Kier molecular flexibility index (Phi) is 12.8. The van der Waals surface area contributed by atoms with Crippen LogP contribution in [0.4, 0.5) is 0 Å². The average Bonchev–Trinajstić information content (AvgIpc) is 2.75. The van der Waals surface area contributed by atoms with Gasteiger partial charge < -0.3 is 13.3 Å². The number of hydrogen-bond donors (Lipinski definition) is 0. The number of rotatable bonds is 14. The van der Waals surface area contributed by atoms with Gasteiger partial charge in [-0.3, -0.25) is 4.79 Å². The van der Waals surface area contributed by atoms with Crippen molar-refractivity contribution in [2.75, 3.05) is 0 Å². The third-order valence-corrected chi connectivity index (χ3v) is 23.2. The van der Waals surface area contributed by atoms with E-state index < -0.39 is 25.0 Å². The van der Waals surface area contributed by atoms with Gasteiger partial charge in [0.2, 0.25) is 8.32 Å². The summed E-state index contributed by atoms with van der Waals surface area (Å²) in [5.41, 5.74) is 1.17. The van der Waals surface area contributed by atoms with Gasteiger partial charge in [-0.05, 0) is 91.4 Å². The molecule has 0 heterocycles. The molecule has 0 spiro atoms. The minimum atomic E-state index is -2.04. The Hall–Kier alpha value is -0.739. The van der Waals surface area contributed by atoms with Crippen molar-refractivity contribution in [2.24, 2.45) is 0 Å². The van der Waals surface area contributed by atoms with E-state index in [2.05, 4.69) is 133 Å². The SMILES string of the molecule is CC[C@H](C[C@H](CC(=O)CCc1ccc(O[Si](C)(C)C(C)(C)C)cc1)O[Si](C)(C)C(C)(C)C)O[Si](C)(C)C(C)(C)C. The van der Waals surface area contributed by atoms with Gasteiger partial charge in [0, 0.05) is 18.9 Å². The van der Waals surface area contributed by atoms with Crippen LogP contribution in [0.1, 0.15) is 100 Å². The summed E-state index contributed by atoms with van der Waals surface area (Å²) >= 11 is 0. The second-order valence-electron chi connectivity index (χ2n) is 16.4. The number of benzene rings is 1. The summed E-state index contributed by atoms with van der Waals surface area (Å²) in [6.07, 6.45) is 3.43. The highest BCUT2D eigenvalue weighted by atomic mass is 28.4. The largest absolute Gasteiger partial charge is 0.544 e. The normalized spacial score (nSPS) is 15.6. The lowest BCUT2D eigenvalue weighted by atomic mass is 10.0. The van der Waals surface area contributed by atoms with E-state index in [-0.39, 0.29) is 33.1 Å². The number of carbonyl (C=O) groups is 1. The lowest BCUT2D eigenvalue weighted by Crippen LogP contribution is -2.47. The first-order valence-corrected chi connectivity index (χ1v) is 24.2. The molecule has 4 nitrogen and oxygen atoms in total. The zero-order valence-electron chi connectivity index (χ0n) is 29.1. The fraction of sp³-hybridized carbons (Fsp3) is 0.788. The number of carbonyl (C=O) groups excluding carboxylic acids is 1. The van der Waals surface area contributed by atoms with Gasteiger partial charge in [0.05, 0.1) is 6.10 Å². The fourth-order valence-corrected chi connectivity index (χ4v) is 7.61. The van der Waals surface area contributed by atoms with E-state index in [1.165, 1.54) is 5.56 Å². The number of hydrogen-bond acceptors (Lipinski definition) is 4.